The third kappa shape index (κ3) is 3.13. The summed E-state index contributed by atoms with van der Waals surface area (Å²) >= 11 is 0. The zero-order valence-electron chi connectivity index (χ0n) is 17.1. The van der Waals surface area contributed by atoms with Crippen LogP contribution in [-0.2, 0) is 11.2 Å². The van der Waals surface area contributed by atoms with Crippen molar-refractivity contribution in [3.05, 3.63) is 34.2 Å². The van der Waals surface area contributed by atoms with Crippen molar-refractivity contribution in [1.29, 1.82) is 0 Å². The lowest BCUT2D eigenvalue weighted by Gasteiger charge is -2.36. The van der Waals surface area contributed by atoms with E-state index in [4.69, 9.17) is 23.7 Å². The van der Waals surface area contributed by atoms with Crippen molar-refractivity contribution in [3.63, 3.8) is 0 Å². The zero-order valence-corrected chi connectivity index (χ0v) is 17.1. The Hall–Kier alpha value is -2.94. The average Bonchev–Trinajstić information content (AvgIpc) is 2.97. The second-order valence-electron chi connectivity index (χ2n) is 7.57. The average molecular weight is 415 g/mol. The van der Waals surface area contributed by atoms with Gasteiger partial charge in [0.05, 0.1) is 20.4 Å². The topological polar surface area (TPSA) is 84.3 Å². The highest BCUT2D eigenvalue weighted by atomic mass is 16.6. The summed E-state index contributed by atoms with van der Waals surface area (Å²) in [5.74, 6) is 2.30. The van der Waals surface area contributed by atoms with Crippen LogP contribution in [0.4, 0.5) is 5.69 Å². The van der Waals surface area contributed by atoms with E-state index in [1.807, 2.05) is 17.0 Å². The summed E-state index contributed by atoms with van der Waals surface area (Å²) in [7, 11) is 3.21. The first-order valence-corrected chi connectivity index (χ1v) is 10.2. The van der Waals surface area contributed by atoms with Gasteiger partial charge in [0, 0.05) is 19.2 Å². The number of hydrogen-bond donors (Lipinski definition) is 0. The molecular weight excluding hydrogens is 390 g/mol. The van der Waals surface area contributed by atoms with Crippen molar-refractivity contribution >= 4 is 5.69 Å². The van der Waals surface area contributed by atoms with Crippen LogP contribution in [0.2, 0.25) is 0 Å². The van der Waals surface area contributed by atoms with Crippen LogP contribution < -0.4 is 29.4 Å². The van der Waals surface area contributed by atoms with Crippen molar-refractivity contribution < 1.29 is 23.7 Å². The van der Waals surface area contributed by atoms with E-state index in [-0.39, 0.29) is 24.6 Å². The Kier molecular flexibility index (Phi) is 4.90. The monoisotopic (exact) mass is 415 g/mol. The highest BCUT2D eigenvalue weighted by molar-refractivity contribution is 5.59. The van der Waals surface area contributed by atoms with Crippen molar-refractivity contribution in [2.45, 2.75) is 38.1 Å². The first-order chi connectivity index (χ1) is 14.7. The molecule has 2 aromatic rings. The Morgan fingerprint density at radius 1 is 1.13 bits per heavy atom. The molecule has 9 nitrogen and oxygen atoms in total. The van der Waals surface area contributed by atoms with Crippen LogP contribution in [-0.4, -0.2) is 50.0 Å². The summed E-state index contributed by atoms with van der Waals surface area (Å²) in [5, 5.41) is 4.40. The van der Waals surface area contributed by atoms with E-state index < -0.39 is 0 Å². The SMILES string of the molecule is COc1cc2c(cc1OC)OC1COc3c(cnn(C4CCCCO4)c3=O)N1CC2. The molecule has 0 aliphatic carbocycles. The van der Waals surface area contributed by atoms with E-state index in [1.165, 1.54) is 4.68 Å². The fourth-order valence-electron chi connectivity index (χ4n) is 4.26. The summed E-state index contributed by atoms with van der Waals surface area (Å²) < 4.78 is 30.1. The van der Waals surface area contributed by atoms with E-state index in [0.717, 1.165) is 37.0 Å². The third-order valence-electron chi connectivity index (χ3n) is 5.85. The maximum atomic E-state index is 13.1. The molecular formula is C21H25N3O6. The molecule has 3 aliphatic heterocycles. The fourth-order valence-corrected chi connectivity index (χ4v) is 4.26. The molecule has 0 radical (unpaired) electrons. The molecule has 3 aliphatic rings. The number of nitrogens with zero attached hydrogens (tertiary/aromatic N) is 3. The summed E-state index contributed by atoms with van der Waals surface area (Å²) in [6.45, 7) is 1.55. The number of hydrogen-bond acceptors (Lipinski definition) is 8. The Morgan fingerprint density at radius 2 is 1.97 bits per heavy atom. The van der Waals surface area contributed by atoms with E-state index >= 15 is 0 Å². The molecule has 1 fully saturated rings. The Morgan fingerprint density at radius 3 is 2.73 bits per heavy atom. The second kappa shape index (κ2) is 7.71. The second-order valence-corrected chi connectivity index (χ2v) is 7.57. The Labute approximate surface area is 174 Å². The summed E-state index contributed by atoms with van der Waals surface area (Å²) in [4.78, 5) is 15.1. The minimum atomic E-state index is -0.361. The molecule has 5 rings (SSSR count). The lowest BCUT2D eigenvalue weighted by Crippen LogP contribution is -2.48. The number of ether oxygens (including phenoxy) is 5. The lowest BCUT2D eigenvalue weighted by molar-refractivity contribution is -0.0432. The van der Waals surface area contributed by atoms with Gasteiger partial charge in [-0.05, 0) is 37.3 Å². The van der Waals surface area contributed by atoms with Gasteiger partial charge in [0.1, 0.15) is 18.0 Å². The largest absolute Gasteiger partial charge is 0.493 e. The van der Waals surface area contributed by atoms with Crippen molar-refractivity contribution in [2.24, 2.45) is 0 Å². The molecule has 4 heterocycles. The third-order valence-corrected chi connectivity index (χ3v) is 5.85. The molecule has 1 aromatic heterocycles. The van der Waals surface area contributed by atoms with E-state index in [9.17, 15) is 4.79 Å². The van der Waals surface area contributed by atoms with Gasteiger partial charge in [0.25, 0.3) is 0 Å². The number of rotatable bonds is 3. The molecule has 2 atom stereocenters. The summed E-state index contributed by atoms with van der Waals surface area (Å²) in [6, 6.07) is 3.77. The van der Waals surface area contributed by atoms with Gasteiger partial charge in [0.15, 0.2) is 17.7 Å². The maximum absolute atomic E-state index is 13.1. The van der Waals surface area contributed by atoms with Gasteiger partial charge in [-0.1, -0.05) is 0 Å². The highest BCUT2D eigenvalue weighted by Crippen LogP contribution is 2.40. The summed E-state index contributed by atoms with van der Waals surface area (Å²) in [5.41, 5.74) is 1.40. The standard InChI is InChI=1S/C21H25N3O6/c1-26-16-9-13-6-7-23-14-11-22-24(18-5-3-4-8-28-18)21(25)20(14)29-12-19(23)30-15(13)10-17(16)27-2/h9-11,18-19H,3-8,12H2,1-2H3. The highest BCUT2D eigenvalue weighted by Gasteiger charge is 2.35. The zero-order chi connectivity index (χ0) is 20.7. The van der Waals surface area contributed by atoms with Crippen molar-refractivity contribution in [1.82, 2.24) is 9.78 Å². The normalized spacial score (nSPS) is 22.5. The number of aromatic nitrogens is 2. The van der Waals surface area contributed by atoms with Gasteiger partial charge in [-0.25, -0.2) is 0 Å². The predicted octanol–water partition coefficient (Wildman–Crippen LogP) is 2.12. The molecule has 0 N–H and O–H groups in total. The van der Waals surface area contributed by atoms with E-state index in [1.54, 1.807) is 20.4 Å². The molecule has 1 saturated heterocycles. The Bertz CT molecular complexity index is 1000. The maximum Gasteiger partial charge on any atom is 0.313 e. The molecule has 0 spiro atoms. The van der Waals surface area contributed by atoms with Crippen LogP contribution in [0.3, 0.4) is 0 Å². The molecule has 9 heteroatoms. The minimum Gasteiger partial charge on any atom is -0.493 e. The quantitative estimate of drug-likeness (QED) is 0.754. The van der Waals surface area contributed by atoms with Crippen LogP contribution in [0.1, 0.15) is 31.1 Å². The van der Waals surface area contributed by atoms with Crippen LogP contribution in [0.5, 0.6) is 23.0 Å². The lowest BCUT2D eigenvalue weighted by atomic mass is 10.1. The molecule has 2 unspecified atom stereocenters. The summed E-state index contributed by atoms with van der Waals surface area (Å²) in [6.07, 6.45) is 4.52. The smallest absolute Gasteiger partial charge is 0.313 e. The van der Waals surface area contributed by atoms with Crippen LogP contribution >= 0.6 is 0 Å². The van der Waals surface area contributed by atoms with Gasteiger partial charge in [0.2, 0.25) is 12.0 Å². The molecule has 1 aromatic carbocycles. The molecule has 0 bridgehead atoms. The molecule has 30 heavy (non-hydrogen) atoms. The minimum absolute atomic E-state index is 0.242. The molecule has 0 saturated carbocycles. The Balaban J connectivity index is 1.47. The first-order valence-electron chi connectivity index (χ1n) is 10.2. The van der Waals surface area contributed by atoms with Crippen LogP contribution in [0.15, 0.2) is 23.1 Å². The van der Waals surface area contributed by atoms with Gasteiger partial charge in [-0.2, -0.15) is 9.78 Å². The van der Waals surface area contributed by atoms with Gasteiger partial charge >= 0.3 is 5.56 Å². The van der Waals surface area contributed by atoms with Gasteiger partial charge in [-0.15, -0.1) is 0 Å². The van der Waals surface area contributed by atoms with Crippen molar-refractivity contribution in [2.75, 3.05) is 38.9 Å². The van der Waals surface area contributed by atoms with Gasteiger partial charge < -0.3 is 28.6 Å². The molecule has 160 valence electrons. The van der Waals surface area contributed by atoms with E-state index in [2.05, 4.69) is 5.10 Å². The molecule has 0 amide bonds. The van der Waals surface area contributed by atoms with E-state index in [0.29, 0.717) is 36.1 Å². The van der Waals surface area contributed by atoms with Crippen LogP contribution in [0.25, 0.3) is 0 Å². The number of fused-ring (bicyclic) bond motifs is 4. The van der Waals surface area contributed by atoms with Crippen LogP contribution in [0, 0.1) is 0 Å². The van der Waals surface area contributed by atoms with Gasteiger partial charge in [-0.3, -0.25) is 4.79 Å². The predicted molar refractivity (Wildman–Crippen MR) is 108 cm³/mol. The van der Waals surface area contributed by atoms with Crippen molar-refractivity contribution in [3.8, 4) is 23.0 Å². The number of benzene rings is 1. The number of methoxy groups -OCH3 is 2. The first kappa shape index (κ1) is 19.0. The fraction of sp³-hybridized carbons (Fsp3) is 0.524. The number of anilines is 1.